The van der Waals surface area contributed by atoms with Gasteiger partial charge in [0.05, 0.1) is 11.1 Å². The molecule has 2 heterocycles. The van der Waals surface area contributed by atoms with Crippen molar-refractivity contribution >= 4 is 11.2 Å². The average molecular weight is 269 g/mol. The summed E-state index contributed by atoms with van der Waals surface area (Å²) >= 11 is 0. The molecule has 0 atom stereocenters. The molecule has 102 valence electrons. The SMILES string of the molecule is CCN(CC)N=Nc1cc(C#N)c2ccccn2c1=O. The summed E-state index contributed by atoms with van der Waals surface area (Å²) in [6, 6.07) is 8.80. The maximum absolute atomic E-state index is 12.3. The molecule has 2 aromatic heterocycles. The lowest BCUT2D eigenvalue weighted by Gasteiger charge is -2.11. The molecule has 0 N–H and O–H groups in total. The van der Waals surface area contributed by atoms with Gasteiger partial charge >= 0.3 is 0 Å². The second kappa shape index (κ2) is 5.97. The van der Waals surface area contributed by atoms with Crippen LogP contribution in [-0.2, 0) is 0 Å². The lowest BCUT2D eigenvalue weighted by atomic mass is 10.2. The molecule has 0 amide bonds. The fraction of sp³-hybridized carbons (Fsp3) is 0.286. The highest BCUT2D eigenvalue weighted by Gasteiger charge is 2.08. The largest absolute Gasteiger partial charge is 0.283 e. The Bertz CT molecular complexity index is 737. The molecule has 0 saturated heterocycles. The van der Waals surface area contributed by atoms with E-state index >= 15 is 0 Å². The summed E-state index contributed by atoms with van der Waals surface area (Å²) in [4.78, 5) is 12.3. The van der Waals surface area contributed by atoms with Gasteiger partial charge < -0.3 is 0 Å². The van der Waals surface area contributed by atoms with E-state index < -0.39 is 0 Å². The van der Waals surface area contributed by atoms with Crippen molar-refractivity contribution in [3.05, 3.63) is 46.4 Å². The number of fused-ring (bicyclic) bond motifs is 1. The Balaban J connectivity index is 2.58. The molecule has 0 bridgehead atoms. The molecule has 2 aromatic rings. The molecule has 2 rings (SSSR count). The van der Waals surface area contributed by atoms with Gasteiger partial charge in [-0.15, -0.1) is 5.11 Å². The number of aromatic nitrogens is 1. The minimum absolute atomic E-state index is 0.164. The monoisotopic (exact) mass is 269 g/mol. The number of nitrogens with zero attached hydrogens (tertiary/aromatic N) is 5. The summed E-state index contributed by atoms with van der Waals surface area (Å²) in [5.74, 6) is 0. The fourth-order valence-corrected chi connectivity index (χ4v) is 1.86. The van der Waals surface area contributed by atoms with Crippen LogP contribution in [0.1, 0.15) is 19.4 Å². The van der Waals surface area contributed by atoms with Gasteiger partial charge in [0, 0.05) is 19.3 Å². The Morgan fingerprint density at radius 1 is 1.35 bits per heavy atom. The van der Waals surface area contributed by atoms with Crippen LogP contribution in [0.2, 0.25) is 0 Å². The van der Waals surface area contributed by atoms with Gasteiger partial charge in [-0.05, 0) is 32.0 Å². The molecular weight excluding hydrogens is 254 g/mol. The second-order valence-corrected chi connectivity index (χ2v) is 4.14. The van der Waals surface area contributed by atoms with Crippen molar-refractivity contribution in [1.82, 2.24) is 9.41 Å². The molecule has 6 nitrogen and oxygen atoms in total. The summed E-state index contributed by atoms with van der Waals surface area (Å²) in [5.41, 5.74) is 0.855. The van der Waals surface area contributed by atoms with E-state index in [0.29, 0.717) is 24.2 Å². The number of nitriles is 1. The van der Waals surface area contributed by atoms with E-state index in [1.54, 1.807) is 29.4 Å². The van der Waals surface area contributed by atoms with Crippen molar-refractivity contribution in [3.63, 3.8) is 0 Å². The summed E-state index contributed by atoms with van der Waals surface area (Å²) in [6.07, 6.45) is 1.62. The number of pyridine rings is 2. The standard InChI is InChI=1S/C14H15N5O/c1-3-18(4-2)17-16-12-9-11(10-15)13-7-5-6-8-19(13)14(12)20/h5-9H,3-4H2,1-2H3. The molecule has 0 radical (unpaired) electrons. The minimum atomic E-state index is -0.282. The second-order valence-electron chi connectivity index (χ2n) is 4.14. The van der Waals surface area contributed by atoms with E-state index in [1.807, 2.05) is 13.8 Å². The smallest absolute Gasteiger partial charge is 0.281 e. The molecular formula is C14H15N5O. The highest BCUT2D eigenvalue weighted by molar-refractivity contribution is 5.64. The van der Waals surface area contributed by atoms with Crippen LogP contribution >= 0.6 is 0 Å². The van der Waals surface area contributed by atoms with Crippen LogP contribution in [0.15, 0.2) is 45.6 Å². The van der Waals surface area contributed by atoms with Gasteiger partial charge in [-0.1, -0.05) is 11.3 Å². The van der Waals surface area contributed by atoms with Gasteiger partial charge in [-0.2, -0.15) is 5.26 Å². The highest BCUT2D eigenvalue weighted by atomic mass is 16.1. The third-order valence-electron chi connectivity index (χ3n) is 2.98. The zero-order chi connectivity index (χ0) is 14.5. The molecule has 0 aliphatic heterocycles. The minimum Gasteiger partial charge on any atom is -0.281 e. The molecule has 0 saturated carbocycles. The van der Waals surface area contributed by atoms with Gasteiger partial charge in [0.2, 0.25) is 0 Å². The Morgan fingerprint density at radius 2 is 2.10 bits per heavy atom. The predicted molar refractivity (Wildman–Crippen MR) is 75.8 cm³/mol. The lowest BCUT2D eigenvalue weighted by molar-refractivity contribution is 0.300. The Kier molecular flexibility index (Phi) is 4.11. The van der Waals surface area contributed by atoms with E-state index in [1.165, 1.54) is 10.5 Å². The van der Waals surface area contributed by atoms with E-state index in [0.717, 1.165) is 0 Å². The van der Waals surface area contributed by atoms with Crippen LogP contribution in [0.4, 0.5) is 5.69 Å². The summed E-state index contributed by atoms with van der Waals surface area (Å²) in [5, 5.41) is 18.9. The van der Waals surface area contributed by atoms with E-state index in [-0.39, 0.29) is 11.2 Å². The third kappa shape index (κ3) is 2.52. The molecule has 6 heteroatoms. The summed E-state index contributed by atoms with van der Waals surface area (Å²) < 4.78 is 1.41. The fourth-order valence-electron chi connectivity index (χ4n) is 1.86. The molecule has 0 aliphatic rings. The molecule has 0 spiro atoms. The topological polar surface area (TPSA) is 73.2 Å². The van der Waals surface area contributed by atoms with E-state index in [2.05, 4.69) is 16.4 Å². The normalized spacial score (nSPS) is 10.8. The van der Waals surface area contributed by atoms with Gasteiger partial charge in [-0.3, -0.25) is 14.2 Å². The summed E-state index contributed by atoms with van der Waals surface area (Å²) in [7, 11) is 0. The number of hydrogen-bond acceptors (Lipinski definition) is 4. The average Bonchev–Trinajstić information content (AvgIpc) is 2.50. The molecule has 20 heavy (non-hydrogen) atoms. The van der Waals surface area contributed by atoms with Crippen molar-refractivity contribution in [2.45, 2.75) is 13.8 Å². The van der Waals surface area contributed by atoms with Crippen LogP contribution in [0, 0.1) is 11.3 Å². The van der Waals surface area contributed by atoms with Crippen molar-refractivity contribution in [2.24, 2.45) is 10.3 Å². The Hall–Kier alpha value is -2.68. The van der Waals surface area contributed by atoms with Crippen LogP contribution in [0.5, 0.6) is 0 Å². The first-order chi connectivity index (χ1) is 9.71. The van der Waals surface area contributed by atoms with Gasteiger partial charge in [0.1, 0.15) is 6.07 Å². The number of rotatable bonds is 4. The first-order valence-corrected chi connectivity index (χ1v) is 6.42. The predicted octanol–water partition coefficient (Wildman–Crippen LogP) is 2.51. The molecule has 0 aliphatic carbocycles. The maximum atomic E-state index is 12.3. The molecule has 0 unspecified atom stereocenters. The number of hydrogen-bond donors (Lipinski definition) is 0. The lowest BCUT2D eigenvalue weighted by Crippen LogP contribution is -2.16. The van der Waals surface area contributed by atoms with E-state index in [4.69, 9.17) is 0 Å². The molecule has 0 fully saturated rings. The van der Waals surface area contributed by atoms with Crippen LogP contribution in [-0.4, -0.2) is 22.5 Å². The Labute approximate surface area is 116 Å². The summed E-state index contributed by atoms with van der Waals surface area (Å²) in [6.45, 7) is 5.33. The first-order valence-electron chi connectivity index (χ1n) is 6.42. The van der Waals surface area contributed by atoms with Crippen molar-refractivity contribution < 1.29 is 0 Å². The molecule has 0 aromatic carbocycles. The van der Waals surface area contributed by atoms with Gasteiger partial charge in [0.25, 0.3) is 5.56 Å². The van der Waals surface area contributed by atoms with Crippen molar-refractivity contribution in [2.75, 3.05) is 13.1 Å². The van der Waals surface area contributed by atoms with Crippen molar-refractivity contribution in [3.8, 4) is 6.07 Å². The quantitative estimate of drug-likeness (QED) is 0.632. The van der Waals surface area contributed by atoms with Gasteiger partial charge in [0.15, 0.2) is 5.69 Å². The van der Waals surface area contributed by atoms with Gasteiger partial charge in [-0.25, -0.2) is 0 Å². The van der Waals surface area contributed by atoms with Crippen LogP contribution in [0.25, 0.3) is 5.52 Å². The first kappa shape index (κ1) is 13.7. The maximum Gasteiger partial charge on any atom is 0.283 e. The van der Waals surface area contributed by atoms with Crippen molar-refractivity contribution in [1.29, 1.82) is 5.26 Å². The third-order valence-corrected chi connectivity index (χ3v) is 2.98. The van der Waals surface area contributed by atoms with Crippen LogP contribution in [0.3, 0.4) is 0 Å². The van der Waals surface area contributed by atoms with Crippen LogP contribution < -0.4 is 5.56 Å². The Morgan fingerprint density at radius 3 is 2.75 bits per heavy atom. The highest BCUT2D eigenvalue weighted by Crippen LogP contribution is 2.15. The zero-order valence-electron chi connectivity index (χ0n) is 11.4. The zero-order valence-corrected chi connectivity index (χ0v) is 11.4. The van der Waals surface area contributed by atoms with E-state index in [9.17, 15) is 10.1 Å².